The van der Waals surface area contributed by atoms with Gasteiger partial charge in [0.1, 0.15) is 34.2 Å². The van der Waals surface area contributed by atoms with Gasteiger partial charge >= 0.3 is 0 Å². The zero-order valence-electron chi connectivity index (χ0n) is 17.0. The number of aliphatic hydroxyl groups is 1. The molecule has 1 aliphatic carbocycles. The molecule has 168 valence electrons. The first-order valence-electron chi connectivity index (χ1n) is 10.0. The van der Waals surface area contributed by atoms with Gasteiger partial charge in [-0.25, -0.2) is 18.4 Å². The molecule has 3 aromatic rings. The number of benzene rings is 2. The average Bonchev–Trinajstić information content (AvgIpc) is 3.47. The molecule has 1 atom stereocenters. The first kappa shape index (κ1) is 23.3. The van der Waals surface area contributed by atoms with E-state index in [-0.39, 0.29) is 24.7 Å². The van der Waals surface area contributed by atoms with Gasteiger partial charge in [-0.3, -0.25) is 0 Å². The van der Waals surface area contributed by atoms with Gasteiger partial charge < -0.3 is 10.0 Å². The number of nitrogens with zero attached hydrogens (tertiary/aromatic N) is 4. The van der Waals surface area contributed by atoms with Crippen molar-refractivity contribution >= 4 is 44.2 Å². The van der Waals surface area contributed by atoms with Crippen LogP contribution in [0.4, 0.5) is 8.78 Å². The normalized spacial score (nSPS) is 15.4. The molecule has 0 aliphatic heterocycles. The summed E-state index contributed by atoms with van der Waals surface area (Å²) in [5, 5.41) is 15.7. The standard InChI is InChI=1S/C22H21BrF2N4OS2/c23-16-3-1-2-15(8-16)10-32-21(31)29(18-5-6-18)12-22(30,11-28-14-26-13-27-28)19-7-4-17(24)9-20(19)25/h1-4,7-9,13-14,18,30H,5-6,10-12H2. The average molecular weight is 539 g/mol. The van der Waals surface area contributed by atoms with E-state index in [1.165, 1.54) is 35.2 Å². The molecule has 0 saturated heterocycles. The predicted molar refractivity (Wildman–Crippen MR) is 128 cm³/mol. The molecule has 5 nitrogen and oxygen atoms in total. The SMILES string of the molecule is OC(CN(C(=S)SCc1cccc(Br)c1)C1CC1)(Cn1cncn1)c1ccc(F)cc1F. The van der Waals surface area contributed by atoms with Crippen LogP contribution in [-0.2, 0) is 17.9 Å². The molecule has 1 fully saturated rings. The molecule has 10 heteroatoms. The second-order valence-corrected chi connectivity index (χ2v) is 10.3. The zero-order valence-corrected chi connectivity index (χ0v) is 20.2. The van der Waals surface area contributed by atoms with Gasteiger partial charge in [0.05, 0.1) is 13.1 Å². The summed E-state index contributed by atoms with van der Waals surface area (Å²) in [4.78, 5) is 5.86. The van der Waals surface area contributed by atoms with E-state index in [4.69, 9.17) is 12.2 Å². The van der Waals surface area contributed by atoms with Crippen LogP contribution in [0.15, 0.2) is 59.6 Å². The van der Waals surface area contributed by atoms with Crippen molar-refractivity contribution in [1.29, 1.82) is 0 Å². The molecule has 1 aliphatic rings. The highest BCUT2D eigenvalue weighted by Gasteiger charge is 2.41. The molecular weight excluding hydrogens is 518 g/mol. The molecule has 1 aromatic heterocycles. The minimum Gasteiger partial charge on any atom is -0.381 e. The Morgan fingerprint density at radius 1 is 1.28 bits per heavy atom. The van der Waals surface area contributed by atoms with Crippen LogP contribution in [-0.4, -0.2) is 41.7 Å². The largest absolute Gasteiger partial charge is 0.381 e. The van der Waals surface area contributed by atoms with Gasteiger partial charge in [-0.05, 0) is 36.6 Å². The third-order valence-corrected chi connectivity index (χ3v) is 7.27. The Morgan fingerprint density at radius 3 is 2.75 bits per heavy atom. The van der Waals surface area contributed by atoms with E-state index in [0.29, 0.717) is 10.1 Å². The Hall–Kier alpha value is -1.88. The minimum atomic E-state index is -1.69. The fraction of sp³-hybridized carbons (Fsp3) is 0.318. The maximum Gasteiger partial charge on any atom is 0.137 e. The topological polar surface area (TPSA) is 54.2 Å². The van der Waals surface area contributed by atoms with Crippen molar-refractivity contribution in [3.05, 3.63) is 82.4 Å². The number of aromatic nitrogens is 3. The van der Waals surface area contributed by atoms with Crippen LogP contribution < -0.4 is 0 Å². The van der Waals surface area contributed by atoms with E-state index in [1.807, 2.05) is 29.2 Å². The van der Waals surface area contributed by atoms with E-state index in [0.717, 1.165) is 35.0 Å². The lowest BCUT2D eigenvalue weighted by atomic mass is 9.92. The molecule has 1 saturated carbocycles. The lowest BCUT2D eigenvalue weighted by molar-refractivity contribution is -0.00746. The van der Waals surface area contributed by atoms with E-state index in [9.17, 15) is 13.9 Å². The lowest BCUT2D eigenvalue weighted by Gasteiger charge is -2.36. The quantitative estimate of drug-likeness (QED) is 0.412. The Morgan fingerprint density at radius 2 is 2.09 bits per heavy atom. The number of thiocarbonyl (C=S) groups is 1. The third-order valence-electron chi connectivity index (χ3n) is 5.23. The van der Waals surface area contributed by atoms with Crippen molar-refractivity contribution < 1.29 is 13.9 Å². The summed E-state index contributed by atoms with van der Waals surface area (Å²) in [7, 11) is 0. The van der Waals surface area contributed by atoms with Gasteiger partial charge in [0.25, 0.3) is 0 Å². The van der Waals surface area contributed by atoms with E-state index < -0.39 is 17.2 Å². The Kier molecular flexibility index (Phi) is 7.24. The molecule has 1 unspecified atom stereocenters. The Labute approximate surface area is 203 Å². The molecule has 0 spiro atoms. The molecule has 0 radical (unpaired) electrons. The number of thioether (sulfide) groups is 1. The van der Waals surface area contributed by atoms with E-state index >= 15 is 0 Å². The summed E-state index contributed by atoms with van der Waals surface area (Å²) in [6, 6.07) is 11.4. The smallest absolute Gasteiger partial charge is 0.137 e. The highest BCUT2D eigenvalue weighted by molar-refractivity contribution is 9.10. The van der Waals surface area contributed by atoms with Crippen LogP contribution in [0.1, 0.15) is 24.0 Å². The Bertz CT molecular complexity index is 1100. The second kappa shape index (κ2) is 9.94. The highest BCUT2D eigenvalue weighted by atomic mass is 79.9. The fourth-order valence-corrected chi connectivity index (χ4v) is 5.22. The van der Waals surface area contributed by atoms with Crippen molar-refractivity contribution in [2.75, 3.05) is 6.54 Å². The number of hydrogen-bond acceptors (Lipinski definition) is 5. The molecule has 2 aromatic carbocycles. The lowest BCUT2D eigenvalue weighted by Crippen LogP contribution is -2.46. The molecule has 32 heavy (non-hydrogen) atoms. The maximum absolute atomic E-state index is 14.7. The van der Waals surface area contributed by atoms with Crippen molar-refractivity contribution in [2.24, 2.45) is 0 Å². The van der Waals surface area contributed by atoms with Gasteiger partial charge in [-0.1, -0.05) is 58.1 Å². The maximum atomic E-state index is 14.7. The second-order valence-electron chi connectivity index (χ2n) is 7.79. The molecule has 0 bridgehead atoms. The highest BCUT2D eigenvalue weighted by Crippen LogP contribution is 2.36. The molecule has 1 heterocycles. The van der Waals surface area contributed by atoms with Crippen LogP contribution in [0.5, 0.6) is 0 Å². The summed E-state index contributed by atoms with van der Waals surface area (Å²) in [5.74, 6) is -0.835. The summed E-state index contributed by atoms with van der Waals surface area (Å²) in [5.41, 5.74) is -0.571. The van der Waals surface area contributed by atoms with Gasteiger partial charge in [0, 0.05) is 27.9 Å². The summed E-state index contributed by atoms with van der Waals surface area (Å²) in [6.45, 7) is 0.0160. The van der Waals surface area contributed by atoms with Crippen molar-refractivity contribution in [1.82, 2.24) is 19.7 Å². The van der Waals surface area contributed by atoms with Crippen LogP contribution in [0.2, 0.25) is 0 Å². The van der Waals surface area contributed by atoms with Gasteiger partial charge in [-0.2, -0.15) is 5.10 Å². The summed E-state index contributed by atoms with van der Waals surface area (Å²) >= 11 is 10.7. The molecule has 1 N–H and O–H groups in total. The van der Waals surface area contributed by atoms with E-state index in [1.54, 1.807) is 0 Å². The van der Waals surface area contributed by atoms with Gasteiger partial charge in [-0.15, -0.1) is 0 Å². The zero-order chi connectivity index (χ0) is 22.7. The molecule has 4 rings (SSSR count). The van der Waals surface area contributed by atoms with Crippen LogP contribution in [0, 0.1) is 11.6 Å². The number of halogens is 3. The van der Waals surface area contributed by atoms with Crippen molar-refractivity contribution in [2.45, 2.75) is 36.8 Å². The number of rotatable bonds is 8. The van der Waals surface area contributed by atoms with Gasteiger partial charge in [0.15, 0.2) is 0 Å². The van der Waals surface area contributed by atoms with Crippen molar-refractivity contribution in [3.63, 3.8) is 0 Å². The Balaban J connectivity index is 1.57. The molecular formula is C22H21BrF2N4OS2. The first-order valence-corrected chi connectivity index (χ1v) is 12.2. The predicted octanol–water partition coefficient (Wildman–Crippen LogP) is 4.89. The van der Waals surface area contributed by atoms with E-state index in [2.05, 4.69) is 26.0 Å². The summed E-state index contributed by atoms with van der Waals surface area (Å²) < 4.78 is 31.4. The van der Waals surface area contributed by atoms with Crippen LogP contribution in [0.25, 0.3) is 0 Å². The number of hydrogen-bond donors (Lipinski definition) is 1. The van der Waals surface area contributed by atoms with Crippen LogP contribution >= 0.6 is 39.9 Å². The monoisotopic (exact) mass is 538 g/mol. The first-order chi connectivity index (χ1) is 15.3. The fourth-order valence-electron chi connectivity index (χ4n) is 3.54. The molecule has 0 amide bonds. The van der Waals surface area contributed by atoms with Crippen LogP contribution in [0.3, 0.4) is 0 Å². The minimum absolute atomic E-state index is 0.000148. The van der Waals surface area contributed by atoms with Gasteiger partial charge in [0.2, 0.25) is 0 Å². The summed E-state index contributed by atoms with van der Waals surface area (Å²) in [6.07, 6.45) is 4.69. The van der Waals surface area contributed by atoms with Crippen molar-refractivity contribution in [3.8, 4) is 0 Å². The third kappa shape index (κ3) is 5.72.